The van der Waals surface area contributed by atoms with Gasteiger partial charge in [-0.3, -0.25) is 0 Å². The quantitative estimate of drug-likeness (QED) is 0.618. The summed E-state index contributed by atoms with van der Waals surface area (Å²) in [6.45, 7) is 0.498. The highest BCUT2D eigenvalue weighted by Crippen LogP contribution is 2.26. The molecule has 0 aromatic heterocycles. The van der Waals surface area contributed by atoms with E-state index in [1.54, 1.807) is 0 Å². The van der Waals surface area contributed by atoms with Crippen molar-refractivity contribution in [3.05, 3.63) is 23.5 Å². The number of hydrogen-bond acceptors (Lipinski definition) is 3. The first-order valence-corrected chi connectivity index (χ1v) is 4.05. The van der Waals surface area contributed by atoms with E-state index in [1.165, 1.54) is 6.07 Å². The number of hydrogen-bond donors (Lipinski definition) is 3. The Kier molecular flexibility index (Phi) is 3.08. The molecule has 0 fully saturated rings. The fourth-order valence-corrected chi connectivity index (χ4v) is 1.09. The lowest BCUT2D eigenvalue weighted by molar-refractivity contribution is 0.417. The van der Waals surface area contributed by atoms with E-state index in [1.807, 2.05) is 0 Å². The summed E-state index contributed by atoms with van der Waals surface area (Å²) in [4.78, 5) is 0. The van der Waals surface area contributed by atoms with Crippen molar-refractivity contribution in [1.82, 2.24) is 0 Å². The van der Waals surface area contributed by atoms with Crippen molar-refractivity contribution < 1.29 is 14.6 Å². The zero-order valence-electron chi connectivity index (χ0n) is 7.13. The Morgan fingerprint density at radius 2 is 1.92 bits per heavy atom. The van der Waals surface area contributed by atoms with Crippen LogP contribution < -0.4 is 5.73 Å². The molecule has 4 heteroatoms. The molecule has 1 rings (SSSR count). The number of benzene rings is 1. The van der Waals surface area contributed by atoms with E-state index in [0.29, 0.717) is 24.9 Å². The summed E-state index contributed by atoms with van der Waals surface area (Å²) in [6, 6.07) is 2.13. The minimum absolute atomic E-state index is 0.135. The minimum Gasteiger partial charge on any atom is -0.508 e. The van der Waals surface area contributed by atoms with Gasteiger partial charge >= 0.3 is 0 Å². The molecule has 0 amide bonds. The maximum atomic E-state index is 12.6. The van der Waals surface area contributed by atoms with Crippen molar-refractivity contribution in [2.24, 2.45) is 5.73 Å². The Morgan fingerprint density at radius 3 is 2.54 bits per heavy atom. The van der Waals surface area contributed by atoms with Crippen LogP contribution in [0.5, 0.6) is 11.5 Å². The smallest absolute Gasteiger partial charge is 0.168 e. The molecule has 0 aliphatic rings. The lowest BCUT2D eigenvalue weighted by Gasteiger charge is -2.04. The Labute approximate surface area is 75.6 Å². The molecule has 0 bridgehead atoms. The molecule has 4 N–H and O–H groups in total. The number of phenols is 2. The van der Waals surface area contributed by atoms with E-state index < -0.39 is 11.6 Å². The molecule has 0 aliphatic heterocycles. The number of halogens is 1. The molecule has 0 saturated carbocycles. The summed E-state index contributed by atoms with van der Waals surface area (Å²) in [5, 5.41) is 18.3. The Bertz CT molecular complexity index is 302. The van der Waals surface area contributed by atoms with Gasteiger partial charge in [-0.15, -0.1) is 0 Å². The van der Waals surface area contributed by atoms with Crippen molar-refractivity contribution in [2.45, 2.75) is 12.8 Å². The molecule has 0 atom stereocenters. The second-order valence-corrected chi connectivity index (χ2v) is 2.82. The zero-order valence-corrected chi connectivity index (χ0v) is 7.13. The van der Waals surface area contributed by atoms with Gasteiger partial charge < -0.3 is 15.9 Å². The van der Waals surface area contributed by atoms with Crippen LogP contribution in [-0.2, 0) is 6.42 Å². The second-order valence-electron chi connectivity index (χ2n) is 2.82. The highest BCUT2D eigenvalue weighted by atomic mass is 19.1. The molecule has 13 heavy (non-hydrogen) atoms. The lowest BCUT2D eigenvalue weighted by atomic mass is 10.1. The topological polar surface area (TPSA) is 66.5 Å². The summed E-state index contributed by atoms with van der Waals surface area (Å²) in [5.74, 6) is -1.39. The number of nitrogens with two attached hydrogens (primary N) is 1. The standard InChI is InChI=1S/C9H12FNO2/c10-7-5-8(12)6(2-1-3-11)4-9(7)13/h4-5,12-13H,1-3,11H2. The van der Waals surface area contributed by atoms with Crippen LogP contribution in [0, 0.1) is 5.82 Å². The molecule has 1 aromatic carbocycles. The van der Waals surface area contributed by atoms with Crippen molar-refractivity contribution in [2.75, 3.05) is 6.54 Å². The van der Waals surface area contributed by atoms with Crippen LogP contribution in [0.1, 0.15) is 12.0 Å². The molecule has 0 saturated heterocycles. The third-order valence-electron chi connectivity index (χ3n) is 1.80. The third kappa shape index (κ3) is 2.32. The maximum Gasteiger partial charge on any atom is 0.168 e. The number of aryl methyl sites for hydroxylation is 1. The Hall–Kier alpha value is -1.29. The van der Waals surface area contributed by atoms with E-state index in [9.17, 15) is 9.50 Å². The van der Waals surface area contributed by atoms with Crippen LogP contribution in [0.3, 0.4) is 0 Å². The van der Waals surface area contributed by atoms with E-state index in [2.05, 4.69) is 0 Å². The van der Waals surface area contributed by atoms with Gasteiger partial charge in [0.15, 0.2) is 11.6 Å². The molecular formula is C9H12FNO2. The van der Waals surface area contributed by atoms with Gasteiger partial charge in [0.05, 0.1) is 0 Å². The fraction of sp³-hybridized carbons (Fsp3) is 0.333. The average Bonchev–Trinajstić information content (AvgIpc) is 2.09. The van der Waals surface area contributed by atoms with Gasteiger partial charge in [-0.05, 0) is 31.0 Å². The number of rotatable bonds is 3. The van der Waals surface area contributed by atoms with Gasteiger partial charge in [0.1, 0.15) is 5.75 Å². The van der Waals surface area contributed by atoms with E-state index >= 15 is 0 Å². The molecule has 0 unspecified atom stereocenters. The molecule has 72 valence electrons. The molecule has 3 nitrogen and oxygen atoms in total. The fourth-order valence-electron chi connectivity index (χ4n) is 1.09. The molecule has 0 radical (unpaired) electrons. The van der Waals surface area contributed by atoms with Crippen LogP contribution >= 0.6 is 0 Å². The van der Waals surface area contributed by atoms with Crippen LogP contribution in [-0.4, -0.2) is 16.8 Å². The molecule has 0 heterocycles. The average molecular weight is 185 g/mol. The van der Waals surface area contributed by atoms with Gasteiger partial charge in [-0.2, -0.15) is 0 Å². The Morgan fingerprint density at radius 1 is 1.23 bits per heavy atom. The summed E-state index contributed by atoms with van der Waals surface area (Å²) < 4.78 is 12.6. The van der Waals surface area contributed by atoms with E-state index in [0.717, 1.165) is 6.07 Å². The largest absolute Gasteiger partial charge is 0.508 e. The Balaban J connectivity index is 2.88. The van der Waals surface area contributed by atoms with Crippen molar-refractivity contribution in [3.63, 3.8) is 0 Å². The van der Waals surface area contributed by atoms with Gasteiger partial charge in [-0.1, -0.05) is 0 Å². The summed E-state index contributed by atoms with van der Waals surface area (Å²) in [5.41, 5.74) is 5.79. The van der Waals surface area contributed by atoms with Gasteiger partial charge in [0, 0.05) is 6.07 Å². The predicted octanol–water partition coefficient (Wildman–Crippen LogP) is 1.13. The van der Waals surface area contributed by atoms with Gasteiger partial charge in [-0.25, -0.2) is 4.39 Å². The normalized spacial score (nSPS) is 10.3. The summed E-state index contributed by atoms with van der Waals surface area (Å²) in [6.07, 6.45) is 1.23. The van der Waals surface area contributed by atoms with Crippen molar-refractivity contribution in [3.8, 4) is 11.5 Å². The number of phenolic OH excluding ortho intramolecular Hbond substituents is 2. The first-order chi connectivity index (χ1) is 6.15. The second kappa shape index (κ2) is 4.09. The van der Waals surface area contributed by atoms with Crippen molar-refractivity contribution in [1.29, 1.82) is 0 Å². The molecule has 1 aromatic rings. The number of aromatic hydroxyl groups is 2. The lowest BCUT2D eigenvalue weighted by Crippen LogP contribution is -2.00. The summed E-state index contributed by atoms with van der Waals surface area (Å²) in [7, 11) is 0. The first kappa shape index (κ1) is 9.80. The van der Waals surface area contributed by atoms with E-state index in [4.69, 9.17) is 10.8 Å². The van der Waals surface area contributed by atoms with E-state index in [-0.39, 0.29) is 5.75 Å². The van der Waals surface area contributed by atoms with Gasteiger partial charge in [0.25, 0.3) is 0 Å². The SMILES string of the molecule is NCCCc1cc(O)c(F)cc1O. The summed E-state index contributed by atoms with van der Waals surface area (Å²) >= 11 is 0. The van der Waals surface area contributed by atoms with Crippen LogP contribution in [0.2, 0.25) is 0 Å². The van der Waals surface area contributed by atoms with Crippen molar-refractivity contribution >= 4 is 0 Å². The monoisotopic (exact) mass is 185 g/mol. The zero-order chi connectivity index (χ0) is 9.84. The van der Waals surface area contributed by atoms with Crippen LogP contribution in [0.4, 0.5) is 4.39 Å². The maximum absolute atomic E-state index is 12.6. The van der Waals surface area contributed by atoms with Gasteiger partial charge in [0.2, 0.25) is 0 Å². The molecule has 0 spiro atoms. The van der Waals surface area contributed by atoms with Crippen LogP contribution in [0.15, 0.2) is 12.1 Å². The third-order valence-corrected chi connectivity index (χ3v) is 1.80. The first-order valence-electron chi connectivity index (χ1n) is 4.05. The molecule has 0 aliphatic carbocycles. The highest BCUT2D eigenvalue weighted by molar-refractivity contribution is 5.39. The molecular weight excluding hydrogens is 173 g/mol. The highest BCUT2D eigenvalue weighted by Gasteiger charge is 2.07. The predicted molar refractivity (Wildman–Crippen MR) is 47.1 cm³/mol. The van der Waals surface area contributed by atoms with Crippen LogP contribution in [0.25, 0.3) is 0 Å². The minimum atomic E-state index is -0.811.